The fourth-order valence-electron chi connectivity index (χ4n) is 2.33. The van der Waals surface area contributed by atoms with Crippen LogP contribution in [0.4, 0.5) is 18.9 Å². The van der Waals surface area contributed by atoms with Gasteiger partial charge in [0.25, 0.3) is 0 Å². The number of fused-ring (bicyclic) bond motifs is 1. The number of halogens is 3. The van der Waals surface area contributed by atoms with Gasteiger partial charge < -0.3 is 14.8 Å². The molecule has 1 N–H and O–H groups in total. The number of hydrogen-bond donors (Lipinski definition) is 1. The summed E-state index contributed by atoms with van der Waals surface area (Å²) >= 11 is 1.23. The molecule has 0 radical (unpaired) electrons. The normalized spacial score (nSPS) is 14.5. The molecule has 8 heteroatoms. The molecule has 2 aromatic rings. The largest absolute Gasteiger partial charge is 0.490 e. The highest BCUT2D eigenvalue weighted by atomic mass is 32.2. The third-order valence-corrected chi connectivity index (χ3v) is 4.79. The molecule has 1 aliphatic heterocycles. The van der Waals surface area contributed by atoms with E-state index in [0.29, 0.717) is 24.7 Å². The van der Waals surface area contributed by atoms with Crippen molar-refractivity contribution in [1.29, 1.82) is 0 Å². The highest BCUT2D eigenvalue weighted by Crippen LogP contribution is 2.35. The van der Waals surface area contributed by atoms with E-state index in [-0.39, 0.29) is 0 Å². The summed E-state index contributed by atoms with van der Waals surface area (Å²) in [6.07, 6.45) is 0.787. The molecule has 4 nitrogen and oxygen atoms in total. The van der Waals surface area contributed by atoms with Gasteiger partial charge in [-0.05, 0) is 37.3 Å². The molecular weight excluding hydrogens is 367 g/mol. The van der Waals surface area contributed by atoms with Gasteiger partial charge in [0.05, 0.1) is 24.2 Å². The van der Waals surface area contributed by atoms with Gasteiger partial charge >= 0.3 is 0 Å². The fraction of sp³-hybridized carbons (Fsp3) is 0.278. The number of ether oxygens (including phenoxy) is 2. The van der Waals surface area contributed by atoms with E-state index in [2.05, 4.69) is 5.32 Å². The van der Waals surface area contributed by atoms with Crippen LogP contribution in [0.2, 0.25) is 0 Å². The third kappa shape index (κ3) is 4.07. The molecule has 0 bridgehead atoms. The van der Waals surface area contributed by atoms with Crippen LogP contribution in [0.5, 0.6) is 11.5 Å². The Morgan fingerprint density at radius 2 is 1.81 bits per heavy atom. The van der Waals surface area contributed by atoms with E-state index >= 15 is 0 Å². The number of hydrogen-bond acceptors (Lipinski definition) is 4. The average molecular weight is 383 g/mol. The molecule has 0 saturated carbocycles. The molecule has 0 saturated heterocycles. The van der Waals surface area contributed by atoms with Gasteiger partial charge in [0, 0.05) is 11.3 Å². The molecule has 1 aliphatic rings. The van der Waals surface area contributed by atoms with E-state index in [1.54, 1.807) is 25.1 Å². The maximum absolute atomic E-state index is 13.7. The lowest BCUT2D eigenvalue weighted by Gasteiger charge is -2.14. The monoisotopic (exact) mass is 383 g/mol. The first-order valence-electron chi connectivity index (χ1n) is 7.96. The van der Waals surface area contributed by atoms with Crippen LogP contribution < -0.4 is 14.8 Å². The topological polar surface area (TPSA) is 47.6 Å². The molecular formula is C18H16F3NO3S. The summed E-state index contributed by atoms with van der Waals surface area (Å²) < 4.78 is 51.0. The Labute approximate surface area is 152 Å². The number of rotatable bonds is 4. The second kappa shape index (κ2) is 7.90. The maximum atomic E-state index is 13.7. The van der Waals surface area contributed by atoms with Gasteiger partial charge in [0.2, 0.25) is 5.91 Å². The number of benzene rings is 2. The molecule has 138 valence electrons. The van der Waals surface area contributed by atoms with Crippen molar-refractivity contribution in [3.63, 3.8) is 0 Å². The maximum Gasteiger partial charge on any atom is 0.237 e. The minimum Gasteiger partial charge on any atom is -0.490 e. The highest BCUT2D eigenvalue weighted by Gasteiger charge is 2.20. The molecule has 1 heterocycles. The molecule has 2 aromatic carbocycles. The van der Waals surface area contributed by atoms with E-state index in [1.165, 1.54) is 11.8 Å². The summed E-state index contributed by atoms with van der Waals surface area (Å²) in [5.41, 5.74) is -0.403. The number of thioether (sulfide) groups is 1. The van der Waals surface area contributed by atoms with Gasteiger partial charge in [-0.15, -0.1) is 11.8 Å². The predicted molar refractivity (Wildman–Crippen MR) is 92.3 cm³/mol. The van der Waals surface area contributed by atoms with Crippen molar-refractivity contribution >= 4 is 23.4 Å². The second-order valence-electron chi connectivity index (χ2n) is 5.63. The van der Waals surface area contributed by atoms with Crippen molar-refractivity contribution < 1.29 is 27.4 Å². The molecule has 0 unspecified atom stereocenters. The van der Waals surface area contributed by atoms with Crippen LogP contribution in [0, 0.1) is 17.5 Å². The first-order chi connectivity index (χ1) is 12.5. The zero-order valence-electron chi connectivity index (χ0n) is 13.9. The predicted octanol–water partition coefficient (Wildman–Crippen LogP) is 4.38. The number of anilines is 1. The lowest BCUT2D eigenvalue weighted by molar-refractivity contribution is -0.115. The summed E-state index contributed by atoms with van der Waals surface area (Å²) in [5, 5.41) is 1.67. The van der Waals surface area contributed by atoms with Crippen molar-refractivity contribution in [1.82, 2.24) is 0 Å². The van der Waals surface area contributed by atoms with Crippen LogP contribution in [0.1, 0.15) is 13.3 Å². The van der Waals surface area contributed by atoms with Crippen molar-refractivity contribution in [2.24, 2.45) is 0 Å². The molecule has 1 amide bonds. The van der Waals surface area contributed by atoms with Gasteiger partial charge in [0.1, 0.15) is 0 Å². The van der Waals surface area contributed by atoms with Crippen molar-refractivity contribution in [2.75, 3.05) is 18.5 Å². The van der Waals surface area contributed by atoms with E-state index in [0.717, 1.165) is 23.4 Å². The Morgan fingerprint density at radius 3 is 2.58 bits per heavy atom. The Bertz CT molecular complexity index is 832. The van der Waals surface area contributed by atoms with Gasteiger partial charge in [-0.25, -0.2) is 13.2 Å². The number of carbonyl (C=O) groups is 1. The lowest BCUT2D eigenvalue weighted by atomic mass is 10.2. The van der Waals surface area contributed by atoms with E-state index in [9.17, 15) is 18.0 Å². The molecule has 26 heavy (non-hydrogen) atoms. The van der Waals surface area contributed by atoms with E-state index < -0.39 is 34.3 Å². The molecule has 1 atom stereocenters. The summed E-state index contributed by atoms with van der Waals surface area (Å²) in [4.78, 5) is 13.0. The smallest absolute Gasteiger partial charge is 0.237 e. The average Bonchev–Trinajstić information content (AvgIpc) is 2.87. The van der Waals surface area contributed by atoms with Crippen LogP contribution in [0.15, 0.2) is 35.2 Å². The molecule has 0 aliphatic carbocycles. The summed E-state index contributed by atoms with van der Waals surface area (Å²) in [6.45, 7) is 2.76. The number of nitrogens with one attached hydrogen (secondary N) is 1. The Balaban J connectivity index is 1.68. The van der Waals surface area contributed by atoms with Gasteiger partial charge in [-0.2, -0.15) is 0 Å². The van der Waals surface area contributed by atoms with Crippen molar-refractivity contribution in [3.05, 3.63) is 47.8 Å². The standard InChI is InChI=1S/C18H16F3NO3S/c1-10(18(23)22-13-5-4-12(19)16(20)17(13)21)26-11-3-6-14-15(9-11)25-8-2-7-24-14/h3-6,9-10H,2,7-8H2,1H3,(H,22,23)/t10-/m1/s1. The Kier molecular flexibility index (Phi) is 5.61. The quantitative estimate of drug-likeness (QED) is 0.629. The van der Waals surface area contributed by atoms with Crippen LogP contribution in [-0.2, 0) is 4.79 Å². The van der Waals surface area contributed by atoms with Crippen molar-refractivity contribution in [3.8, 4) is 11.5 Å². The highest BCUT2D eigenvalue weighted by molar-refractivity contribution is 8.00. The molecule has 0 fully saturated rings. The van der Waals surface area contributed by atoms with Crippen molar-refractivity contribution in [2.45, 2.75) is 23.5 Å². The SMILES string of the molecule is C[C@@H](Sc1ccc2c(c1)OCCCO2)C(=O)Nc1ccc(F)c(F)c1F. The van der Waals surface area contributed by atoms with E-state index in [4.69, 9.17) is 9.47 Å². The second-order valence-corrected chi connectivity index (χ2v) is 7.05. The van der Waals surface area contributed by atoms with Crippen LogP contribution in [0.3, 0.4) is 0 Å². The zero-order chi connectivity index (χ0) is 18.7. The van der Waals surface area contributed by atoms with Gasteiger partial charge in [-0.3, -0.25) is 4.79 Å². The molecule has 0 aromatic heterocycles. The number of carbonyl (C=O) groups excluding carboxylic acids is 1. The first-order valence-corrected chi connectivity index (χ1v) is 8.84. The van der Waals surface area contributed by atoms with Crippen LogP contribution in [-0.4, -0.2) is 24.4 Å². The summed E-state index contributed by atoms with van der Waals surface area (Å²) in [5.74, 6) is -3.64. The fourth-order valence-corrected chi connectivity index (χ4v) is 3.23. The summed E-state index contributed by atoms with van der Waals surface area (Å²) in [7, 11) is 0. The molecule has 0 spiro atoms. The van der Waals surface area contributed by atoms with Crippen LogP contribution >= 0.6 is 11.8 Å². The Hall–Kier alpha value is -2.35. The Morgan fingerprint density at radius 1 is 1.08 bits per heavy atom. The molecule has 3 rings (SSSR count). The van der Waals surface area contributed by atoms with Crippen LogP contribution in [0.25, 0.3) is 0 Å². The minimum atomic E-state index is -1.62. The first kappa shape index (κ1) is 18.4. The minimum absolute atomic E-state index is 0.403. The summed E-state index contributed by atoms with van der Waals surface area (Å²) in [6, 6.07) is 7.07. The third-order valence-electron chi connectivity index (χ3n) is 3.69. The van der Waals surface area contributed by atoms with Gasteiger partial charge in [0.15, 0.2) is 29.0 Å². The zero-order valence-corrected chi connectivity index (χ0v) is 14.7. The van der Waals surface area contributed by atoms with Gasteiger partial charge in [-0.1, -0.05) is 0 Å². The number of amides is 1. The van der Waals surface area contributed by atoms with E-state index in [1.807, 2.05) is 0 Å². The lowest BCUT2D eigenvalue weighted by Crippen LogP contribution is -2.23.